The first-order valence-electron chi connectivity index (χ1n) is 10.6. The molecule has 34 heavy (non-hydrogen) atoms. The molecular formula is C23H20Cl2FN5O2S. The maximum atomic E-state index is 15.9. The van der Waals surface area contributed by atoms with Crippen molar-refractivity contribution in [2.24, 2.45) is 0 Å². The van der Waals surface area contributed by atoms with Gasteiger partial charge >= 0.3 is 0 Å². The van der Waals surface area contributed by atoms with Gasteiger partial charge in [0.25, 0.3) is 0 Å². The van der Waals surface area contributed by atoms with Gasteiger partial charge in [0.1, 0.15) is 21.8 Å². The number of anilines is 1. The van der Waals surface area contributed by atoms with Crippen LogP contribution in [0, 0.1) is 5.82 Å². The Bertz CT molecular complexity index is 1430. The van der Waals surface area contributed by atoms with Gasteiger partial charge in [-0.2, -0.15) is 9.47 Å². The van der Waals surface area contributed by atoms with Crippen molar-refractivity contribution in [2.75, 3.05) is 38.2 Å². The second-order valence-corrected chi connectivity index (χ2v) is 9.37. The van der Waals surface area contributed by atoms with Crippen LogP contribution in [0.15, 0.2) is 36.5 Å². The highest BCUT2D eigenvalue weighted by atomic mass is 35.5. The zero-order valence-electron chi connectivity index (χ0n) is 18.1. The lowest BCUT2D eigenvalue weighted by molar-refractivity contribution is -0.107. The normalized spacial score (nSPS) is 14.5. The highest BCUT2D eigenvalue weighted by molar-refractivity contribution is 7.11. The van der Waals surface area contributed by atoms with E-state index in [0.29, 0.717) is 28.8 Å². The number of methoxy groups -OCH3 is 1. The summed E-state index contributed by atoms with van der Waals surface area (Å²) in [7, 11) is 1.55. The lowest BCUT2D eigenvalue weighted by Gasteiger charge is -2.28. The van der Waals surface area contributed by atoms with Crippen molar-refractivity contribution >= 4 is 66.8 Å². The van der Waals surface area contributed by atoms with Gasteiger partial charge in [0.05, 0.1) is 18.7 Å². The molecule has 0 saturated carbocycles. The molecule has 7 nitrogen and oxygen atoms in total. The van der Waals surface area contributed by atoms with Crippen molar-refractivity contribution in [1.82, 2.24) is 19.5 Å². The van der Waals surface area contributed by atoms with Crippen molar-refractivity contribution in [2.45, 2.75) is 6.54 Å². The molecule has 0 spiro atoms. The van der Waals surface area contributed by atoms with E-state index in [1.807, 2.05) is 6.07 Å². The number of hydrogen-bond donors (Lipinski definition) is 1. The van der Waals surface area contributed by atoms with Crippen LogP contribution in [0.2, 0.25) is 5.02 Å². The van der Waals surface area contributed by atoms with Crippen molar-refractivity contribution in [3.05, 3.63) is 47.4 Å². The number of benzene rings is 2. The largest absolute Gasteiger partial charge is 0.497 e. The molecule has 1 saturated heterocycles. The predicted molar refractivity (Wildman–Crippen MR) is 135 cm³/mol. The van der Waals surface area contributed by atoms with Crippen molar-refractivity contribution < 1.29 is 13.9 Å². The summed E-state index contributed by atoms with van der Waals surface area (Å²) in [5.74, 6) is 0.0562. The number of ether oxygens (including phenoxy) is 1. The Labute approximate surface area is 208 Å². The minimum absolute atomic E-state index is 0.229. The van der Waals surface area contributed by atoms with E-state index >= 15 is 4.39 Å². The molecule has 3 heterocycles. The highest BCUT2D eigenvalue weighted by Crippen LogP contribution is 2.43. The number of carbonyl (C=O) groups is 1. The molecule has 11 heteroatoms. The summed E-state index contributed by atoms with van der Waals surface area (Å²) in [5, 5.41) is 10.0. The molecule has 1 fully saturated rings. The zero-order chi connectivity index (χ0) is 23.8. The third kappa shape index (κ3) is 4.24. The van der Waals surface area contributed by atoms with E-state index < -0.39 is 11.1 Å². The van der Waals surface area contributed by atoms with Crippen molar-refractivity contribution in [1.29, 1.82) is 0 Å². The Kier molecular flexibility index (Phi) is 6.44. The molecule has 1 aliphatic rings. The molecule has 0 unspecified atom stereocenters. The third-order valence-electron chi connectivity index (χ3n) is 5.73. The van der Waals surface area contributed by atoms with Crippen molar-refractivity contribution in [3.63, 3.8) is 0 Å². The quantitative estimate of drug-likeness (QED) is 0.290. The molecule has 2 aromatic carbocycles. The Balaban J connectivity index is 1.64. The van der Waals surface area contributed by atoms with Gasteiger partial charge in [0.15, 0.2) is 5.82 Å². The minimum Gasteiger partial charge on any atom is -0.497 e. The van der Waals surface area contributed by atoms with E-state index in [1.165, 1.54) is 17.6 Å². The number of hydrogen-bond acceptors (Lipinski definition) is 7. The number of carbonyl (C=O) groups excluding carboxylic acids is 1. The number of halogens is 3. The zero-order valence-corrected chi connectivity index (χ0v) is 20.5. The van der Waals surface area contributed by atoms with Gasteiger partial charge in [-0.3, -0.25) is 9.48 Å². The summed E-state index contributed by atoms with van der Waals surface area (Å²) >= 11 is 13.3. The number of fused-ring (bicyclic) bond motifs is 2. The van der Waals surface area contributed by atoms with Gasteiger partial charge in [-0.25, -0.2) is 4.39 Å². The van der Waals surface area contributed by atoms with Crippen molar-refractivity contribution in [3.8, 4) is 16.9 Å². The fourth-order valence-electron chi connectivity index (χ4n) is 4.15. The van der Waals surface area contributed by atoms with Crippen LogP contribution in [-0.4, -0.2) is 52.7 Å². The first-order chi connectivity index (χ1) is 16.5. The number of nitrogens with zero attached hydrogens (tertiary/aromatic N) is 4. The van der Waals surface area contributed by atoms with Crippen LogP contribution in [-0.2, 0) is 11.3 Å². The number of piperazine rings is 1. The predicted octanol–water partition coefficient (Wildman–Crippen LogP) is 4.85. The monoisotopic (exact) mass is 519 g/mol. The fraction of sp³-hybridized carbons (Fsp3) is 0.261. The number of rotatable bonds is 6. The lowest BCUT2D eigenvalue weighted by Crippen LogP contribution is -2.43. The lowest BCUT2D eigenvalue weighted by atomic mass is 10.00. The topological polar surface area (TPSA) is 72.3 Å². The first-order valence-corrected chi connectivity index (χ1v) is 12.1. The smallest absolute Gasteiger partial charge is 0.244 e. The van der Waals surface area contributed by atoms with E-state index in [9.17, 15) is 4.79 Å². The molecule has 4 aromatic rings. The highest BCUT2D eigenvalue weighted by Gasteiger charge is 2.24. The van der Waals surface area contributed by atoms with Crippen LogP contribution < -0.4 is 15.0 Å². The summed E-state index contributed by atoms with van der Waals surface area (Å²) in [6.07, 6.45) is 4.66. The van der Waals surface area contributed by atoms with Gasteiger partial charge < -0.3 is 15.0 Å². The molecule has 0 atom stereocenters. The molecule has 1 N–H and O–H groups in total. The van der Waals surface area contributed by atoms with Gasteiger partial charge in [-0.1, -0.05) is 17.7 Å². The van der Waals surface area contributed by atoms with Crippen LogP contribution in [0.25, 0.3) is 32.9 Å². The van der Waals surface area contributed by atoms with Gasteiger partial charge in [0, 0.05) is 54.3 Å². The van der Waals surface area contributed by atoms with Crippen LogP contribution >= 0.6 is 34.7 Å². The second kappa shape index (κ2) is 9.50. The first kappa shape index (κ1) is 23.0. The molecule has 0 radical (unpaired) electrons. The van der Waals surface area contributed by atoms with E-state index in [4.69, 9.17) is 27.9 Å². The Morgan fingerprint density at radius 2 is 2.09 bits per heavy atom. The number of nitrogens with one attached hydrogen (secondary N) is 1. The molecule has 0 aliphatic carbocycles. The summed E-state index contributed by atoms with van der Waals surface area (Å²) in [5.41, 5.74) is 1.58. The van der Waals surface area contributed by atoms with Crippen LogP contribution in [0.4, 0.5) is 9.39 Å². The molecule has 1 aliphatic heterocycles. The van der Waals surface area contributed by atoms with Gasteiger partial charge in [0.2, 0.25) is 5.24 Å². The molecular weight excluding hydrogens is 500 g/mol. The number of aromatic nitrogens is 3. The summed E-state index contributed by atoms with van der Waals surface area (Å²) in [6.45, 7) is 3.72. The number of allylic oxidation sites excluding steroid dienone is 2. The SMILES string of the molecule is COc1cc(-c2c(Cl)cc3c(N4CCNCC4)snc3c2F)c2nn(C/C=C/C(=O)Cl)cc2c1. The third-order valence-corrected chi connectivity index (χ3v) is 7.08. The van der Waals surface area contributed by atoms with Crippen LogP contribution in [0.1, 0.15) is 0 Å². The standard InChI is InChI=1S/C23H20Cl2FN5O2S/c1-33-14-9-13-12-31(6-2-3-18(25)32)28-21(13)15(10-14)19-17(24)11-16-22(20(19)26)29-34-23(16)30-7-4-27-5-8-30/h2-3,9-12,27H,4-8H2,1H3/b3-2+. The summed E-state index contributed by atoms with van der Waals surface area (Å²) in [6, 6.07) is 5.32. The van der Waals surface area contributed by atoms with E-state index in [2.05, 4.69) is 19.7 Å². The molecule has 176 valence electrons. The average Bonchev–Trinajstić information content (AvgIpc) is 3.43. The van der Waals surface area contributed by atoms with E-state index in [0.717, 1.165) is 36.6 Å². The fourth-order valence-corrected chi connectivity index (χ4v) is 5.45. The molecule has 0 amide bonds. The van der Waals surface area contributed by atoms with E-state index in [1.54, 1.807) is 36.2 Å². The van der Waals surface area contributed by atoms with Crippen LogP contribution in [0.5, 0.6) is 5.75 Å². The second-order valence-electron chi connectivity index (χ2n) is 7.84. The molecule has 2 aromatic heterocycles. The summed E-state index contributed by atoms with van der Waals surface area (Å²) < 4.78 is 27.5. The average molecular weight is 520 g/mol. The maximum absolute atomic E-state index is 15.9. The maximum Gasteiger partial charge on any atom is 0.244 e. The Morgan fingerprint density at radius 3 is 2.82 bits per heavy atom. The Morgan fingerprint density at radius 1 is 1.29 bits per heavy atom. The Hall–Kier alpha value is -2.72. The van der Waals surface area contributed by atoms with Gasteiger partial charge in [-0.05, 0) is 47.4 Å². The molecule has 5 rings (SSSR count). The molecule has 0 bridgehead atoms. The van der Waals surface area contributed by atoms with Crippen LogP contribution in [0.3, 0.4) is 0 Å². The van der Waals surface area contributed by atoms with Gasteiger partial charge in [-0.15, -0.1) is 0 Å². The minimum atomic E-state index is -0.565. The summed E-state index contributed by atoms with van der Waals surface area (Å²) in [4.78, 5) is 13.2. The van der Waals surface area contributed by atoms with E-state index in [-0.39, 0.29) is 16.1 Å².